The smallest absolute Gasteiger partial charge is 0.206 e. The van der Waals surface area contributed by atoms with Crippen molar-refractivity contribution in [1.29, 1.82) is 0 Å². The molecule has 0 spiro atoms. The van der Waals surface area contributed by atoms with Crippen molar-refractivity contribution in [2.24, 2.45) is 0 Å². The Balaban J connectivity index is 2.98. The predicted molar refractivity (Wildman–Crippen MR) is 49.0 cm³/mol. The number of hydrogen-bond donors (Lipinski definition) is 1. The lowest BCUT2D eigenvalue weighted by molar-refractivity contribution is -0.107. The summed E-state index contributed by atoms with van der Waals surface area (Å²) in [7, 11) is 1.32. The summed E-state index contributed by atoms with van der Waals surface area (Å²) in [6.07, 6.45) is 1.32. The van der Waals surface area contributed by atoms with Gasteiger partial charge >= 0.3 is 0 Å². The summed E-state index contributed by atoms with van der Waals surface area (Å²) < 4.78 is 17.9. The van der Waals surface area contributed by atoms with Crippen LogP contribution in [0.3, 0.4) is 0 Å². The number of carbonyl (C=O) groups excluding carboxylic acids is 1. The summed E-state index contributed by atoms with van der Waals surface area (Å²) in [5, 5.41) is 9.37. The Kier molecular flexibility index (Phi) is 3.45. The van der Waals surface area contributed by atoms with Crippen LogP contribution < -0.4 is 4.74 Å². The Labute approximate surface area is 81.1 Å². The predicted octanol–water partition coefficient (Wildman–Crippen LogP) is 1.67. The molecule has 0 atom stereocenters. The van der Waals surface area contributed by atoms with Crippen LogP contribution in [0.2, 0.25) is 0 Å². The van der Waals surface area contributed by atoms with Crippen molar-refractivity contribution >= 4 is 6.29 Å². The molecule has 0 fully saturated rings. The Morgan fingerprint density at radius 1 is 1.57 bits per heavy atom. The number of methoxy groups -OCH3 is 1. The molecule has 0 amide bonds. The van der Waals surface area contributed by atoms with Crippen molar-refractivity contribution < 1.29 is 19.0 Å². The molecule has 0 aliphatic rings. The molecule has 0 bridgehead atoms. The summed E-state index contributed by atoms with van der Waals surface area (Å²) in [6.45, 7) is 0. The highest BCUT2D eigenvalue weighted by Gasteiger charge is 2.12. The van der Waals surface area contributed by atoms with E-state index in [1.807, 2.05) is 0 Å². The average Bonchev–Trinajstić information content (AvgIpc) is 2.20. The van der Waals surface area contributed by atoms with Crippen molar-refractivity contribution in [3.63, 3.8) is 0 Å². The molecule has 3 nitrogen and oxygen atoms in total. The van der Waals surface area contributed by atoms with E-state index in [2.05, 4.69) is 4.74 Å². The van der Waals surface area contributed by atoms with Gasteiger partial charge in [0.1, 0.15) is 6.29 Å². The molecule has 0 aliphatic carbocycles. The van der Waals surface area contributed by atoms with E-state index in [1.54, 1.807) is 6.07 Å². The number of ether oxygens (including phenoxy) is 1. The molecule has 0 unspecified atom stereocenters. The minimum Gasteiger partial charge on any atom is -0.505 e. The van der Waals surface area contributed by atoms with Crippen molar-refractivity contribution in [3.05, 3.63) is 23.5 Å². The highest BCUT2D eigenvalue weighted by atomic mass is 19.1. The Morgan fingerprint density at radius 3 is 2.86 bits per heavy atom. The van der Waals surface area contributed by atoms with Crippen LogP contribution in [0.1, 0.15) is 12.0 Å². The van der Waals surface area contributed by atoms with Gasteiger partial charge in [0, 0.05) is 6.42 Å². The average molecular weight is 198 g/mol. The van der Waals surface area contributed by atoms with E-state index in [0.717, 1.165) is 6.29 Å². The first-order chi connectivity index (χ1) is 6.70. The molecular weight excluding hydrogens is 187 g/mol. The maximum atomic E-state index is 13.2. The summed E-state index contributed by atoms with van der Waals surface area (Å²) in [6, 6.07) is 2.97. The van der Waals surface area contributed by atoms with Crippen molar-refractivity contribution in [2.75, 3.05) is 7.11 Å². The highest BCUT2D eigenvalue weighted by molar-refractivity contribution is 5.51. The van der Waals surface area contributed by atoms with Gasteiger partial charge in [-0.2, -0.15) is 4.39 Å². The zero-order chi connectivity index (χ0) is 10.6. The molecule has 0 aliphatic heterocycles. The highest BCUT2D eigenvalue weighted by Crippen LogP contribution is 2.29. The van der Waals surface area contributed by atoms with Crippen LogP contribution in [-0.2, 0) is 11.2 Å². The molecule has 0 radical (unpaired) electrons. The third-order valence-electron chi connectivity index (χ3n) is 1.92. The molecule has 1 aromatic rings. The normalized spacial score (nSPS) is 9.86. The number of rotatable bonds is 4. The first-order valence-electron chi connectivity index (χ1n) is 4.18. The molecule has 0 heterocycles. The second-order valence-electron chi connectivity index (χ2n) is 2.79. The maximum Gasteiger partial charge on any atom is 0.206 e. The number of aryl methyl sites for hydroxylation is 1. The molecule has 0 aromatic heterocycles. The summed E-state index contributed by atoms with van der Waals surface area (Å²) in [4.78, 5) is 10.1. The van der Waals surface area contributed by atoms with Crippen molar-refractivity contribution in [1.82, 2.24) is 0 Å². The SMILES string of the molecule is COc1ccc(CCC=O)c(O)c1F. The van der Waals surface area contributed by atoms with Crippen LogP contribution in [0.5, 0.6) is 11.5 Å². The van der Waals surface area contributed by atoms with Gasteiger partial charge in [0.25, 0.3) is 0 Å². The van der Waals surface area contributed by atoms with Gasteiger partial charge in [-0.25, -0.2) is 0 Å². The third-order valence-corrected chi connectivity index (χ3v) is 1.92. The van der Waals surface area contributed by atoms with Crippen LogP contribution in [0, 0.1) is 5.82 Å². The number of aldehydes is 1. The van der Waals surface area contributed by atoms with E-state index >= 15 is 0 Å². The fourth-order valence-electron chi connectivity index (χ4n) is 1.16. The van der Waals surface area contributed by atoms with E-state index in [4.69, 9.17) is 0 Å². The van der Waals surface area contributed by atoms with Gasteiger partial charge in [0.2, 0.25) is 5.82 Å². The van der Waals surface area contributed by atoms with Gasteiger partial charge in [-0.3, -0.25) is 0 Å². The molecule has 1 rings (SSSR count). The zero-order valence-electron chi connectivity index (χ0n) is 7.79. The van der Waals surface area contributed by atoms with Crippen LogP contribution in [0.15, 0.2) is 12.1 Å². The topological polar surface area (TPSA) is 46.5 Å². The lowest BCUT2D eigenvalue weighted by Gasteiger charge is -2.07. The summed E-state index contributed by atoms with van der Waals surface area (Å²) in [5.41, 5.74) is 0.412. The van der Waals surface area contributed by atoms with Gasteiger partial charge in [0.05, 0.1) is 7.11 Å². The second kappa shape index (κ2) is 4.60. The lowest BCUT2D eigenvalue weighted by Crippen LogP contribution is -1.93. The van der Waals surface area contributed by atoms with Crippen molar-refractivity contribution in [2.45, 2.75) is 12.8 Å². The van der Waals surface area contributed by atoms with E-state index in [9.17, 15) is 14.3 Å². The molecule has 1 aromatic carbocycles. The molecule has 76 valence electrons. The fourth-order valence-corrected chi connectivity index (χ4v) is 1.16. The van der Waals surface area contributed by atoms with Gasteiger partial charge in [-0.1, -0.05) is 6.07 Å². The van der Waals surface area contributed by atoms with E-state index < -0.39 is 11.6 Å². The van der Waals surface area contributed by atoms with E-state index in [-0.39, 0.29) is 12.2 Å². The number of benzene rings is 1. The fraction of sp³-hybridized carbons (Fsp3) is 0.300. The minimum absolute atomic E-state index is 0.00245. The van der Waals surface area contributed by atoms with E-state index in [0.29, 0.717) is 12.0 Å². The van der Waals surface area contributed by atoms with Gasteiger partial charge in [-0.05, 0) is 18.1 Å². The Hall–Kier alpha value is -1.58. The minimum atomic E-state index is -0.782. The quantitative estimate of drug-likeness (QED) is 0.748. The molecule has 1 N–H and O–H groups in total. The number of halogens is 1. The van der Waals surface area contributed by atoms with Crippen LogP contribution in [-0.4, -0.2) is 18.5 Å². The van der Waals surface area contributed by atoms with E-state index in [1.165, 1.54) is 13.2 Å². The number of hydrogen-bond acceptors (Lipinski definition) is 3. The van der Waals surface area contributed by atoms with Gasteiger partial charge in [0.15, 0.2) is 11.5 Å². The monoisotopic (exact) mass is 198 g/mol. The third kappa shape index (κ3) is 2.02. The van der Waals surface area contributed by atoms with Gasteiger partial charge < -0.3 is 14.6 Å². The molecule has 0 saturated carbocycles. The first-order valence-corrected chi connectivity index (χ1v) is 4.18. The number of phenolic OH excluding ortho intramolecular Hbond substituents is 1. The standard InChI is InChI=1S/C10H11FO3/c1-14-8-5-4-7(3-2-6-12)10(13)9(8)11/h4-6,13H,2-3H2,1H3. The van der Waals surface area contributed by atoms with Crippen LogP contribution >= 0.6 is 0 Å². The second-order valence-corrected chi connectivity index (χ2v) is 2.79. The molecule has 14 heavy (non-hydrogen) atoms. The molecular formula is C10H11FO3. The largest absolute Gasteiger partial charge is 0.505 e. The Bertz CT molecular complexity index is 336. The lowest BCUT2D eigenvalue weighted by atomic mass is 10.1. The summed E-state index contributed by atoms with van der Waals surface area (Å²) in [5.74, 6) is -1.22. The number of phenols is 1. The van der Waals surface area contributed by atoms with Crippen molar-refractivity contribution in [3.8, 4) is 11.5 Å². The zero-order valence-corrected chi connectivity index (χ0v) is 7.79. The number of carbonyl (C=O) groups is 1. The molecule has 0 saturated heterocycles. The maximum absolute atomic E-state index is 13.2. The summed E-state index contributed by atoms with van der Waals surface area (Å²) >= 11 is 0. The Morgan fingerprint density at radius 2 is 2.29 bits per heavy atom. The van der Waals surface area contributed by atoms with Crippen LogP contribution in [0.4, 0.5) is 4.39 Å². The first kappa shape index (κ1) is 10.5. The molecule has 4 heteroatoms. The number of aromatic hydroxyl groups is 1. The van der Waals surface area contributed by atoms with Crippen LogP contribution in [0.25, 0.3) is 0 Å². The van der Waals surface area contributed by atoms with Gasteiger partial charge in [-0.15, -0.1) is 0 Å².